The molecular formula is C15H12BrF2NO. The van der Waals surface area contributed by atoms with E-state index in [0.29, 0.717) is 12.1 Å². The number of halogens is 3. The van der Waals surface area contributed by atoms with Gasteiger partial charge in [-0.15, -0.1) is 0 Å². The summed E-state index contributed by atoms with van der Waals surface area (Å²) in [5, 5.41) is 0. The Morgan fingerprint density at radius 1 is 1.10 bits per heavy atom. The molecule has 104 valence electrons. The third-order valence-electron chi connectivity index (χ3n) is 2.99. The molecule has 20 heavy (non-hydrogen) atoms. The van der Waals surface area contributed by atoms with Gasteiger partial charge < -0.3 is 5.73 Å². The molecule has 0 saturated heterocycles. The second kappa shape index (κ2) is 6.24. The highest BCUT2D eigenvalue weighted by Gasteiger charge is 2.16. The summed E-state index contributed by atoms with van der Waals surface area (Å²) in [4.78, 5) is 12.0. The SMILES string of the molecule is NCc1ccc(C(=O)Cc2c(F)ccc(Br)c2F)cc1. The Hall–Kier alpha value is -1.59. The lowest BCUT2D eigenvalue weighted by Gasteiger charge is -2.06. The summed E-state index contributed by atoms with van der Waals surface area (Å²) < 4.78 is 27.5. The molecule has 0 aliphatic heterocycles. The Balaban J connectivity index is 2.25. The lowest BCUT2D eigenvalue weighted by atomic mass is 10.0. The van der Waals surface area contributed by atoms with E-state index in [-0.39, 0.29) is 22.2 Å². The van der Waals surface area contributed by atoms with E-state index in [1.807, 2.05) is 0 Å². The molecule has 0 fully saturated rings. The maximum atomic E-state index is 13.8. The van der Waals surface area contributed by atoms with Crippen molar-refractivity contribution in [2.45, 2.75) is 13.0 Å². The van der Waals surface area contributed by atoms with Gasteiger partial charge in [-0.3, -0.25) is 4.79 Å². The summed E-state index contributed by atoms with van der Waals surface area (Å²) in [6.45, 7) is 0.378. The van der Waals surface area contributed by atoms with Crippen molar-refractivity contribution in [3.05, 3.63) is 69.2 Å². The predicted octanol–water partition coefficient (Wildman–Crippen LogP) is 3.61. The lowest BCUT2D eigenvalue weighted by Crippen LogP contribution is -2.08. The summed E-state index contributed by atoms with van der Waals surface area (Å²) in [6, 6.07) is 9.07. The highest BCUT2D eigenvalue weighted by Crippen LogP contribution is 2.23. The molecule has 0 spiro atoms. The van der Waals surface area contributed by atoms with Gasteiger partial charge >= 0.3 is 0 Å². The van der Waals surface area contributed by atoms with Crippen LogP contribution in [0.3, 0.4) is 0 Å². The minimum absolute atomic E-state index is 0.139. The van der Waals surface area contributed by atoms with Crippen molar-refractivity contribution in [2.75, 3.05) is 0 Å². The number of nitrogens with two attached hydrogens (primary N) is 1. The van der Waals surface area contributed by atoms with Crippen molar-refractivity contribution in [2.24, 2.45) is 5.73 Å². The third-order valence-corrected chi connectivity index (χ3v) is 3.60. The second-order valence-electron chi connectivity index (χ2n) is 4.32. The molecule has 0 aromatic heterocycles. The van der Waals surface area contributed by atoms with E-state index in [2.05, 4.69) is 15.9 Å². The highest BCUT2D eigenvalue weighted by atomic mass is 79.9. The van der Waals surface area contributed by atoms with Crippen molar-refractivity contribution in [1.82, 2.24) is 0 Å². The number of benzene rings is 2. The Bertz CT molecular complexity index is 641. The van der Waals surface area contributed by atoms with Crippen LogP contribution in [0.4, 0.5) is 8.78 Å². The van der Waals surface area contributed by atoms with E-state index in [1.165, 1.54) is 6.07 Å². The molecule has 0 radical (unpaired) electrons. The molecule has 0 saturated carbocycles. The van der Waals surface area contributed by atoms with Crippen molar-refractivity contribution < 1.29 is 13.6 Å². The van der Waals surface area contributed by atoms with Crippen LogP contribution in [0.15, 0.2) is 40.9 Å². The number of hydrogen-bond acceptors (Lipinski definition) is 2. The molecule has 0 unspecified atom stereocenters. The first-order valence-corrected chi connectivity index (χ1v) is 6.77. The van der Waals surface area contributed by atoms with Gasteiger partial charge in [0.25, 0.3) is 0 Å². The fraction of sp³-hybridized carbons (Fsp3) is 0.133. The van der Waals surface area contributed by atoms with Crippen LogP contribution in [0.25, 0.3) is 0 Å². The van der Waals surface area contributed by atoms with Crippen molar-refractivity contribution in [1.29, 1.82) is 0 Å². The Labute approximate surface area is 123 Å². The maximum absolute atomic E-state index is 13.8. The summed E-state index contributed by atoms with van der Waals surface area (Å²) in [5.41, 5.74) is 6.53. The molecule has 2 N–H and O–H groups in total. The molecule has 0 bridgehead atoms. The minimum atomic E-state index is -0.739. The van der Waals surface area contributed by atoms with Gasteiger partial charge in [0.2, 0.25) is 0 Å². The standard InChI is InChI=1S/C15H12BrF2NO/c16-12-5-6-13(17)11(15(12)18)7-14(20)10-3-1-9(8-19)2-4-10/h1-6H,7-8,19H2. The van der Waals surface area contributed by atoms with Crippen LogP contribution in [0.1, 0.15) is 21.5 Å². The molecule has 0 aliphatic carbocycles. The van der Waals surface area contributed by atoms with Gasteiger partial charge in [0, 0.05) is 24.1 Å². The summed E-state index contributed by atoms with van der Waals surface area (Å²) in [7, 11) is 0. The molecule has 2 aromatic carbocycles. The maximum Gasteiger partial charge on any atom is 0.167 e. The quantitative estimate of drug-likeness (QED) is 0.683. The lowest BCUT2D eigenvalue weighted by molar-refractivity contribution is 0.0990. The van der Waals surface area contributed by atoms with Crippen molar-refractivity contribution in [3.63, 3.8) is 0 Å². The summed E-state index contributed by atoms with van der Waals surface area (Å²) >= 11 is 2.98. The van der Waals surface area contributed by atoms with E-state index in [9.17, 15) is 13.6 Å². The second-order valence-corrected chi connectivity index (χ2v) is 5.18. The Morgan fingerprint density at radius 3 is 2.35 bits per heavy atom. The van der Waals surface area contributed by atoms with E-state index < -0.39 is 11.6 Å². The van der Waals surface area contributed by atoms with Crippen molar-refractivity contribution in [3.8, 4) is 0 Å². The average molecular weight is 340 g/mol. The van der Waals surface area contributed by atoms with Gasteiger partial charge in [0.1, 0.15) is 11.6 Å². The van der Waals surface area contributed by atoms with Gasteiger partial charge in [0.15, 0.2) is 5.78 Å². The Kier molecular flexibility index (Phi) is 4.62. The van der Waals surface area contributed by atoms with E-state index >= 15 is 0 Å². The van der Waals surface area contributed by atoms with Crippen LogP contribution < -0.4 is 5.73 Å². The van der Waals surface area contributed by atoms with Crippen LogP contribution in [-0.4, -0.2) is 5.78 Å². The average Bonchev–Trinajstić information content (AvgIpc) is 2.47. The summed E-state index contributed by atoms with van der Waals surface area (Å²) in [5.74, 6) is -1.81. The van der Waals surface area contributed by atoms with Gasteiger partial charge in [0.05, 0.1) is 4.47 Å². The van der Waals surface area contributed by atoms with Crippen molar-refractivity contribution >= 4 is 21.7 Å². The number of ketones is 1. The third kappa shape index (κ3) is 3.11. The van der Waals surface area contributed by atoms with Gasteiger partial charge in [-0.2, -0.15) is 0 Å². The molecule has 0 atom stereocenters. The van der Waals surface area contributed by atoms with Gasteiger partial charge in [-0.25, -0.2) is 8.78 Å². The van der Waals surface area contributed by atoms with Crippen LogP contribution >= 0.6 is 15.9 Å². The number of rotatable bonds is 4. The first kappa shape index (κ1) is 14.8. The van der Waals surface area contributed by atoms with E-state index in [4.69, 9.17) is 5.73 Å². The topological polar surface area (TPSA) is 43.1 Å². The van der Waals surface area contributed by atoms with Gasteiger partial charge in [-0.05, 0) is 33.6 Å². The zero-order chi connectivity index (χ0) is 14.7. The van der Waals surface area contributed by atoms with Gasteiger partial charge in [-0.1, -0.05) is 24.3 Å². The number of hydrogen-bond donors (Lipinski definition) is 1. The summed E-state index contributed by atoms with van der Waals surface area (Å²) in [6.07, 6.45) is -0.320. The van der Waals surface area contributed by atoms with Crippen LogP contribution in [0.2, 0.25) is 0 Å². The van der Waals surface area contributed by atoms with Crippen LogP contribution in [0, 0.1) is 11.6 Å². The molecule has 5 heteroatoms. The molecule has 0 aliphatic rings. The zero-order valence-corrected chi connectivity index (χ0v) is 12.1. The number of carbonyl (C=O) groups is 1. The smallest absolute Gasteiger partial charge is 0.167 e. The Morgan fingerprint density at radius 2 is 1.75 bits per heavy atom. The number of carbonyl (C=O) groups excluding carboxylic acids is 1. The minimum Gasteiger partial charge on any atom is -0.326 e. The number of Topliss-reactive ketones (excluding diaryl/α,β-unsaturated/α-hetero) is 1. The predicted molar refractivity (Wildman–Crippen MR) is 76.4 cm³/mol. The fourth-order valence-corrected chi connectivity index (χ4v) is 2.19. The normalized spacial score (nSPS) is 10.6. The molecule has 0 heterocycles. The van der Waals surface area contributed by atoms with E-state index in [1.54, 1.807) is 24.3 Å². The van der Waals surface area contributed by atoms with Crippen LogP contribution in [-0.2, 0) is 13.0 Å². The molecule has 2 nitrogen and oxygen atoms in total. The van der Waals surface area contributed by atoms with E-state index in [0.717, 1.165) is 11.6 Å². The molecule has 0 amide bonds. The largest absolute Gasteiger partial charge is 0.326 e. The van der Waals surface area contributed by atoms with Crippen LogP contribution in [0.5, 0.6) is 0 Å². The zero-order valence-electron chi connectivity index (χ0n) is 10.5. The first-order chi connectivity index (χ1) is 9.52. The fourth-order valence-electron chi connectivity index (χ4n) is 1.82. The highest BCUT2D eigenvalue weighted by molar-refractivity contribution is 9.10. The molecule has 2 rings (SSSR count). The molecule has 2 aromatic rings. The monoisotopic (exact) mass is 339 g/mol. The molecular weight excluding hydrogens is 328 g/mol. The first-order valence-electron chi connectivity index (χ1n) is 5.97.